The molecule has 0 aliphatic heterocycles. The highest BCUT2D eigenvalue weighted by Crippen LogP contribution is 2.15. The predicted molar refractivity (Wildman–Crippen MR) is 58.2 cm³/mol. The molecule has 4 heteroatoms. The number of carbonyl (C=O) groups excluding carboxylic acids is 1. The van der Waals surface area contributed by atoms with Crippen molar-refractivity contribution in [1.82, 2.24) is 0 Å². The summed E-state index contributed by atoms with van der Waals surface area (Å²) in [4.78, 5) is 11.1. The molecular formula is C10H12FNOS. The van der Waals surface area contributed by atoms with Crippen LogP contribution < -0.4 is 5.32 Å². The maximum absolute atomic E-state index is 13.1. The Morgan fingerprint density at radius 2 is 2.29 bits per heavy atom. The van der Waals surface area contributed by atoms with E-state index in [1.54, 1.807) is 12.1 Å². The second kappa shape index (κ2) is 5.00. The van der Waals surface area contributed by atoms with Crippen LogP contribution in [0.2, 0.25) is 0 Å². The van der Waals surface area contributed by atoms with E-state index >= 15 is 0 Å². The van der Waals surface area contributed by atoms with E-state index in [-0.39, 0.29) is 18.0 Å². The molecule has 14 heavy (non-hydrogen) atoms. The van der Waals surface area contributed by atoms with Gasteiger partial charge in [-0.25, -0.2) is 4.39 Å². The van der Waals surface area contributed by atoms with Crippen LogP contribution in [0.4, 0.5) is 10.1 Å². The van der Waals surface area contributed by atoms with Crippen molar-refractivity contribution in [3.05, 3.63) is 29.6 Å². The Bertz CT molecular complexity index is 341. The number of hydrogen-bond donors (Lipinski definition) is 2. The molecule has 0 bridgehead atoms. The third-order valence-electron chi connectivity index (χ3n) is 1.73. The largest absolute Gasteiger partial charge is 0.324 e. The molecule has 1 aromatic rings. The summed E-state index contributed by atoms with van der Waals surface area (Å²) < 4.78 is 13.1. The Hall–Kier alpha value is -1.03. The number of aryl methyl sites for hydroxylation is 1. The van der Waals surface area contributed by atoms with Gasteiger partial charge < -0.3 is 5.32 Å². The molecule has 1 N–H and O–H groups in total. The molecule has 1 rings (SSSR count). The number of thiol groups is 1. The number of anilines is 1. The van der Waals surface area contributed by atoms with Crippen molar-refractivity contribution in [3.8, 4) is 0 Å². The van der Waals surface area contributed by atoms with Crippen molar-refractivity contribution in [2.24, 2.45) is 0 Å². The maximum atomic E-state index is 13.1. The van der Waals surface area contributed by atoms with Crippen LogP contribution in [0.5, 0.6) is 0 Å². The van der Waals surface area contributed by atoms with Crippen LogP contribution in [-0.2, 0) is 4.79 Å². The van der Waals surface area contributed by atoms with Gasteiger partial charge in [0.2, 0.25) is 5.91 Å². The zero-order chi connectivity index (χ0) is 10.6. The Labute approximate surface area is 87.9 Å². The fraction of sp³-hybridized carbons (Fsp3) is 0.300. The topological polar surface area (TPSA) is 29.1 Å². The summed E-state index contributed by atoms with van der Waals surface area (Å²) in [5, 5.41) is 2.49. The van der Waals surface area contributed by atoms with Crippen molar-refractivity contribution >= 4 is 24.2 Å². The van der Waals surface area contributed by atoms with Crippen LogP contribution in [0.1, 0.15) is 12.0 Å². The fourth-order valence-corrected chi connectivity index (χ4v) is 1.25. The van der Waals surface area contributed by atoms with E-state index in [1.165, 1.54) is 6.07 Å². The van der Waals surface area contributed by atoms with E-state index in [9.17, 15) is 9.18 Å². The minimum atomic E-state index is -0.414. The molecule has 1 aromatic carbocycles. The summed E-state index contributed by atoms with van der Waals surface area (Å²) >= 11 is 3.92. The van der Waals surface area contributed by atoms with Crippen LogP contribution in [0.15, 0.2) is 18.2 Å². The molecule has 0 saturated heterocycles. The van der Waals surface area contributed by atoms with E-state index in [2.05, 4.69) is 17.9 Å². The monoisotopic (exact) mass is 213 g/mol. The lowest BCUT2D eigenvalue weighted by Gasteiger charge is -2.06. The van der Waals surface area contributed by atoms with Crippen LogP contribution >= 0.6 is 12.6 Å². The summed E-state index contributed by atoms with van der Waals surface area (Å²) in [7, 11) is 0. The molecule has 0 unspecified atom stereocenters. The molecule has 0 spiro atoms. The molecule has 0 heterocycles. The zero-order valence-corrected chi connectivity index (χ0v) is 8.77. The highest BCUT2D eigenvalue weighted by molar-refractivity contribution is 7.80. The number of amides is 1. The second-order valence-corrected chi connectivity index (χ2v) is 3.45. The van der Waals surface area contributed by atoms with Gasteiger partial charge in [-0.1, -0.05) is 6.07 Å². The normalized spacial score (nSPS) is 9.93. The quantitative estimate of drug-likeness (QED) is 0.742. The molecule has 2 nitrogen and oxygen atoms in total. The van der Waals surface area contributed by atoms with Gasteiger partial charge >= 0.3 is 0 Å². The van der Waals surface area contributed by atoms with Crippen LogP contribution in [0.25, 0.3) is 0 Å². The molecule has 0 aromatic heterocycles. The van der Waals surface area contributed by atoms with Crippen molar-refractivity contribution in [3.63, 3.8) is 0 Å². The molecule has 1 amide bonds. The van der Waals surface area contributed by atoms with Crippen molar-refractivity contribution in [1.29, 1.82) is 0 Å². The average molecular weight is 213 g/mol. The summed E-state index contributed by atoms with van der Waals surface area (Å²) in [5.74, 6) is -0.174. The van der Waals surface area contributed by atoms with E-state index in [0.717, 1.165) is 5.56 Å². The predicted octanol–water partition coefficient (Wildman–Crippen LogP) is 2.39. The number of halogens is 1. The average Bonchev–Trinajstić information content (AvgIpc) is 2.12. The standard InChI is InChI=1S/C10H12FNOS/c1-7-2-3-8(11)9(6-7)12-10(13)4-5-14/h2-3,6,14H,4-5H2,1H3,(H,12,13). The summed E-state index contributed by atoms with van der Waals surface area (Å²) in [6, 6.07) is 4.60. The smallest absolute Gasteiger partial charge is 0.225 e. The first-order chi connectivity index (χ1) is 6.63. The highest BCUT2D eigenvalue weighted by Gasteiger charge is 2.05. The van der Waals surface area contributed by atoms with Crippen LogP contribution in [0, 0.1) is 12.7 Å². The molecule has 0 saturated carbocycles. The second-order valence-electron chi connectivity index (χ2n) is 3.01. The van der Waals surface area contributed by atoms with E-state index in [1.807, 2.05) is 6.92 Å². The van der Waals surface area contributed by atoms with E-state index in [4.69, 9.17) is 0 Å². The van der Waals surface area contributed by atoms with Crippen molar-refractivity contribution in [2.45, 2.75) is 13.3 Å². The van der Waals surface area contributed by atoms with E-state index < -0.39 is 5.82 Å². The van der Waals surface area contributed by atoms with Crippen molar-refractivity contribution in [2.75, 3.05) is 11.1 Å². The minimum Gasteiger partial charge on any atom is -0.324 e. The molecular weight excluding hydrogens is 201 g/mol. The van der Waals surface area contributed by atoms with Gasteiger partial charge in [-0.2, -0.15) is 12.6 Å². The SMILES string of the molecule is Cc1ccc(F)c(NC(=O)CCS)c1. The molecule has 76 valence electrons. The minimum absolute atomic E-state index is 0.218. The first-order valence-corrected chi connectivity index (χ1v) is 4.93. The van der Waals surface area contributed by atoms with Gasteiger partial charge in [0.05, 0.1) is 5.69 Å². The molecule has 0 aliphatic rings. The lowest BCUT2D eigenvalue weighted by molar-refractivity contribution is -0.115. The van der Waals surface area contributed by atoms with Gasteiger partial charge in [0.25, 0.3) is 0 Å². The lowest BCUT2D eigenvalue weighted by atomic mass is 10.2. The van der Waals surface area contributed by atoms with Gasteiger partial charge in [-0.3, -0.25) is 4.79 Å². The van der Waals surface area contributed by atoms with Gasteiger partial charge in [0.15, 0.2) is 0 Å². The molecule has 0 aliphatic carbocycles. The van der Waals surface area contributed by atoms with Gasteiger partial charge in [-0.15, -0.1) is 0 Å². The summed E-state index contributed by atoms with van der Waals surface area (Å²) in [6.45, 7) is 1.84. The number of hydrogen-bond acceptors (Lipinski definition) is 2. The molecule has 0 radical (unpaired) electrons. The van der Waals surface area contributed by atoms with Crippen LogP contribution in [0.3, 0.4) is 0 Å². The van der Waals surface area contributed by atoms with E-state index in [0.29, 0.717) is 5.75 Å². The Balaban J connectivity index is 2.75. The number of carbonyl (C=O) groups is 1. The molecule has 0 atom stereocenters. The van der Waals surface area contributed by atoms with Gasteiger partial charge in [-0.05, 0) is 30.4 Å². The molecule has 0 fully saturated rings. The first-order valence-electron chi connectivity index (χ1n) is 4.30. The Morgan fingerprint density at radius 3 is 2.93 bits per heavy atom. The summed E-state index contributed by atoms with van der Waals surface area (Å²) in [5.41, 5.74) is 1.14. The highest BCUT2D eigenvalue weighted by atomic mass is 32.1. The van der Waals surface area contributed by atoms with Gasteiger partial charge in [0.1, 0.15) is 5.82 Å². The first kappa shape index (κ1) is 11.0. The van der Waals surface area contributed by atoms with Crippen molar-refractivity contribution < 1.29 is 9.18 Å². The lowest BCUT2D eigenvalue weighted by Crippen LogP contribution is -2.12. The number of benzene rings is 1. The third-order valence-corrected chi connectivity index (χ3v) is 1.96. The maximum Gasteiger partial charge on any atom is 0.225 e. The Kier molecular flexibility index (Phi) is 3.95. The third kappa shape index (κ3) is 3.03. The van der Waals surface area contributed by atoms with Gasteiger partial charge in [0, 0.05) is 6.42 Å². The fourth-order valence-electron chi connectivity index (χ4n) is 1.05. The Morgan fingerprint density at radius 1 is 1.57 bits per heavy atom. The number of rotatable bonds is 3. The number of nitrogens with one attached hydrogen (secondary N) is 1. The summed E-state index contributed by atoms with van der Waals surface area (Å²) in [6.07, 6.45) is 0.288. The van der Waals surface area contributed by atoms with Crippen LogP contribution in [-0.4, -0.2) is 11.7 Å². The zero-order valence-electron chi connectivity index (χ0n) is 7.88.